The van der Waals surface area contributed by atoms with Gasteiger partial charge in [-0.3, -0.25) is 4.72 Å². The van der Waals surface area contributed by atoms with Gasteiger partial charge in [-0.15, -0.1) is 0 Å². The molecule has 8 heteroatoms. The summed E-state index contributed by atoms with van der Waals surface area (Å²) in [5.74, 6) is 0. The third-order valence-electron chi connectivity index (χ3n) is 4.06. The first kappa shape index (κ1) is 17.8. The van der Waals surface area contributed by atoms with Gasteiger partial charge in [0.25, 0.3) is 10.0 Å². The molecule has 0 aromatic heterocycles. The first-order valence-electron chi connectivity index (χ1n) is 7.79. The normalized spacial score (nSPS) is 15.3. The van der Waals surface area contributed by atoms with Crippen molar-refractivity contribution in [3.63, 3.8) is 0 Å². The number of rotatable bonds is 3. The number of halogens is 3. The quantitative estimate of drug-likeness (QED) is 0.869. The van der Waals surface area contributed by atoms with Gasteiger partial charge in [0.05, 0.1) is 10.5 Å². The minimum Gasteiger partial charge on any atom is -0.313 e. The third-order valence-corrected chi connectivity index (χ3v) is 5.50. The van der Waals surface area contributed by atoms with Crippen LogP contribution < -0.4 is 10.0 Å². The second-order valence-corrected chi connectivity index (χ2v) is 7.51. The van der Waals surface area contributed by atoms with Crippen LogP contribution in [0.1, 0.15) is 23.1 Å². The molecule has 2 aromatic carbocycles. The van der Waals surface area contributed by atoms with E-state index in [-0.39, 0.29) is 5.69 Å². The smallest absolute Gasteiger partial charge is 0.313 e. The van der Waals surface area contributed by atoms with Crippen molar-refractivity contribution < 1.29 is 21.6 Å². The average Bonchev–Trinajstić information content (AvgIpc) is 2.78. The van der Waals surface area contributed by atoms with Crippen molar-refractivity contribution in [3.8, 4) is 0 Å². The number of fused-ring (bicyclic) bond motifs is 1. The highest BCUT2D eigenvalue weighted by atomic mass is 32.2. The number of benzene rings is 2. The van der Waals surface area contributed by atoms with Crippen molar-refractivity contribution in [3.05, 3.63) is 59.2 Å². The maximum absolute atomic E-state index is 13.1. The van der Waals surface area contributed by atoms with Gasteiger partial charge in [-0.2, -0.15) is 13.2 Å². The van der Waals surface area contributed by atoms with Gasteiger partial charge in [0.1, 0.15) is 0 Å². The van der Waals surface area contributed by atoms with Crippen LogP contribution in [0.3, 0.4) is 0 Å². The topological polar surface area (TPSA) is 58.2 Å². The third kappa shape index (κ3) is 3.96. The van der Waals surface area contributed by atoms with Gasteiger partial charge >= 0.3 is 6.18 Å². The van der Waals surface area contributed by atoms with Crippen LogP contribution in [0, 0.1) is 0 Å². The largest absolute Gasteiger partial charge is 0.417 e. The first-order chi connectivity index (χ1) is 11.8. The van der Waals surface area contributed by atoms with E-state index < -0.39 is 26.7 Å². The van der Waals surface area contributed by atoms with E-state index >= 15 is 0 Å². The predicted molar refractivity (Wildman–Crippen MR) is 88.7 cm³/mol. The molecular weight excluding hydrogens is 353 g/mol. The van der Waals surface area contributed by atoms with Gasteiger partial charge in [0.2, 0.25) is 0 Å². The number of sulfonamides is 1. The summed E-state index contributed by atoms with van der Waals surface area (Å²) in [6, 6.07) is 9.21. The molecule has 1 aliphatic rings. The van der Waals surface area contributed by atoms with Crippen molar-refractivity contribution in [1.82, 2.24) is 5.32 Å². The van der Waals surface area contributed by atoms with Crippen LogP contribution in [0.5, 0.6) is 0 Å². The molecule has 0 aliphatic carbocycles. The SMILES string of the molecule is O=S(=O)(Nc1ccc2c(c1)CNCCC2)c1ccccc1C(F)(F)F. The number of hydrogen-bond donors (Lipinski definition) is 2. The van der Waals surface area contributed by atoms with E-state index in [0.29, 0.717) is 6.54 Å². The Morgan fingerprint density at radius 2 is 1.80 bits per heavy atom. The number of hydrogen-bond acceptors (Lipinski definition) is 3. The molecule has 0 radical (unpaired) electrons. The fourth-order valence-corrected chi connectivity index (χ4v) is 4.15. The van der Waals surface area contributed by atoms with Gasteiger partial charge in [-0.05, 0) is 54.8 Å². The summed E-state index contributed by atoms with van der Waals surface area (Å²) in [7, 11) is -4.35. The lowest BCUT2D eigenvalue weighted by Crippen LogP contribution is -2.19. The molecule has 1 heterocycles. The minimum atomic E-state index is -4.75. The summed E-state index contributed by atoms with van der Waals surface area (Å²) in [5, 5.41) is 3.23. The van der Waals surface area contributed by atoms with Crippen LogP contribution in [0.25, 0.3) is 0 Å². The Morgan fingerprint density at radius 3 is 2.56 bits per heavy atom. The summed E-state index contributed by atoms with van der Waals surface area (Å²) in [6.07, 6.45) is -2.88. The molecule has 4 nitrogen and oxygen atoms in total. The highest BCUT2D eigenvalue weighted by molar-refractivity contribution is 7.92. The van der Waals surface area contributed by atoms with E-state index in [2.05, 4.69) is 10.0 Å². The van der Waals surface area contributed by atoms with E-state index in [9.17, 15) is 21.6 Å². The van der Waals surface area contributed by atoms with Crippen LogP contribution in [-0.4, -0.2) is 15.0 Å². The van der Waals surface area contributed by atoms with Crippen LogP contribution in [0.2, 0.25) is 0 Å². The Morgan fingerprint density at radius 1 is 1.04 bits per heavy atom. The molecule has 25 heavy (non-hydrogen) atoms. The van der Waals surface area contributed by atoms with Crippen molar-refractivity contribution in [2.45, 2.75) is 30.5 Å². The molecule has 0 saturated heterocycles. The molecule has 134 valence electrons. The molecule has 1 aliphatic heterocycles. The summed E-state index contributed by atoms with van der Waals surface area (Å²) in [6.45, 7) is 1.47. The van der Waals surface area contributed by atoms with Crippen molar-refractivity contribution in [2.75, 3.05) is 11.3 Å². The predicted octanol–water partition coefficient (Wildman–Crippen LogP) is 3.54. The molecule has 3 rings (SSSR count). The zero-order chi connectivity index (χ0) is 18.1. The van der Waals surface area contributed by atoms with Gasteiger partial charge in [0.15, 0.2) is 0 Å². The standard InChI is InChI=1S/C17H17F3N2O2S/c18-17(19,20)15-5-1-2-6-16(15)25(23,24)22-14-8-7-12-4-3-9-21-11-13(12)10-14/h1-2,5-8,10,21-22H,3-4,9,11H2. The number of aryl methyl sites for hydroxylation is 1. The Bertz CT molecular complexity index is 880. The molecule has 0 unspecified atom stereocenters. The molecule has 0 amide bonds. The lowest BCUT2D eigenvalue weighted by Gasteiger charge is -2.15. The summed E-state index contributed by atoms with van der Waals surface area (Å²) in [4.78, 5) is -0.782. The van der Waals surface area contributed by atoms with E-state index in [1.165, 1.54) is 6.07 Å². The van der Waals surface area contributed by atoms with E-state index in [1.807, 2.05) is 6.07 Å². The van der Waals surface area contributed by atoms with Crippen molar-refractivity contribution in [1.29, 1.82) is 0 Å². The molecular formula is C17H17F3N2O2S. The van der Waals surface area contributed by atoms with E-state index in [4.69, 9.17) is 0 Å². The van der Waals surface area contributed by atoms with Crippen molar-refractivity contribution in [2.24, 2.45) is 0 Å². The zero-order valence-corrected chi connectivity index (χ0v) is 14.0. The number of alkyl halides is 3. The lowest BCUT2D eigenvalue weighted by molar-refractivity contribution is -0.139. The molecule has 0 atom stereocenters. The second kappa shape index (κ2) is 6.68. The summed E-state index contributed by atoms with van der Waals surface area (Å²) >= 11 is 0. The molecule has 0 fully saturated rings. The second-order valence-electron chi connectivity index (χ2n) is 5.86. The summed E-state index contributed by atoms with van der Waals surface area (Å²) < 4.78 is 66.5. The van der Waals surface area contributed by atoms with Crippen molar-refractivity contribution >= 4 is 15.7 Å². The lowest BCUT2D eigenvalue weighted by atomic mass is 10.0. The van der Waals surface area contributed by atoms with Gasteiger partial charge < -0.3 is 5.32 Å². The molecule has 2 aromatic rings. The Balaban J connectivity index is 1.94. The number of nitrogens with one attached hydrogen (secondary N) is 2. The van der Waals surface area contributed by atoms with Crippen LogP contribution in [-0.2, 0) is 29.2 Å². The Hall–Kier alpha value is -2.06. The fourth-order valence-electron chi connectivity index (χ4n) is 2.87. The Labute approximate surface area is 144 Å². The van der Waals surface area contributed by atoms with E-state index in [0.717, 1.165) is 48.7 Å². The number of anilines is 1. The van der Waals surface area contributed by atoms with Gasteiger partial charge in [-0.1, -0.05) is 18.2 Å². The van der Waals surface area contributed by atoms with Crippen LogP contribution in [0.15, 0.2) is 47.4 Å². The fraction of sp³-hybridized carbons (Fsp3) is 0.294. The zero-order valence-electron chi connectivity index (χ0n) is 13.2. The molecule has 2 N–H and O–H groups in total. The van der Waals surface area contributed by atoms with Crippen LogP contribution >= 0.6 is 0 Å². The Kier molecular flexibility index (Phi) is 4.75. The van der Waals surface area contributed by atoms with Gasteiger partial charge in [0, 0.05) is 12.2 Å². The monoisotopic (exact) mass is 370 g/mol. The molecule has 0 spiro atoms. The van der Waals surface area contributed by atoms with Gasteiger partial charge in [-0.25, -0.2) is 8.42 Å². The highest BCUT2D eigenvalue weighted by Crippen LogP contribution is 2.34. The average molecular weight is 370 g/mol. The first-order valence-corrected chi connectivity index (χ1v) is 9.27. The molecule has 0 bridgehead atoms. The highest BCUT2D eigenvalue weighted by Gasteiger charge is 2.36. The maximum atomic E-state index is 13.1. The molecule has 0 saturated carbocycles. The summed E-state index contributed by atoms with van der Waals surface area (Å²) in [5.41, 5.74) is 1.13. The minimum absolute atomic E-state index is 0.249. The maximum Gasteiger partial charge on any atom is 0.417 e. The van der Waals surface area contributed by atoms with Crippen LogP contribution in [0.4, 0.5) is 18.9 Å². The van der Waals surface area contributed by atoms with E-state index in [1.54, 1.807) is 12.1 Å².